The van der Waals surface area contributed by atoms with Crippen LogP contribution in [-0.2, 0) is 4.79 Å². The minimum atomic E-state index is 0.0210. The van der Waals surface area contributed by atoms with E-state index in [-0.39, 0.29) is 17.9 Å². The maximum Gasteiger partial charge on any atom is 0.227 e. The average Bonchev–Trinajstić information content (AvgIpc) is 3.14. The largest absolute Gasteiger partial charge is 0.355 e. The number of nitrogens with zero attached hydrogens (tertiary/aromatic N) is 4. The first kappa shape index (κ1) is 19.0. The van der Waals surface area contributed by atoms with Gasteiger partial charge < -0.3 is 15.5 Å². The number of nitrogens with two attached hydrogens (primary N) is 1. The maximum absolute atomic E-state index is 12.9. The van der Waals surface area contributed by atoms with E-state index in [2.05, 4.69) is 34.8 Å². The minimum absolute atomic E-state index is 0.0210. The minimum Gasteiger partial charge on any atom is -0.355 e. The molecule has 2 atom stereocenters. The van der Waals surface area contributed by atoms with Crippen LogP contribution in [-0.4, -0.2) is 53.5 Å². The van der Waals surface area contributed by atoms with Crippen molar-refractivity contribution in [3.8, 4) is 0 Å². The Morgan fingerprint density at radius 1 is 1.46 bits per heavy atom. The molecule has 6 nitrogen and oxygen atoms in total. The summed E-state index contributed by atoms with van der Waals surface area (Å²) in [5.41, 5.74) is 6.12. The maximum atomic E-state index is 12.9. The first-order valence-electron chi connectivity index (χ1n) is 9.41. The van der Waals surface area contributed by atoms with Gasteiger partial charge in [0.05, 0.1) is 11.3 Å². The van der Waals surface area contributed by atoms with Crippen molar-refractivity contribution >= 4 is 33.3 Å². The highest BCUT2D eigenvalue weighted by Gasteiger charge is 2.29. The molecule has 7 heteroatoms. The molecule has 2 aromatic heterocycles. The van der Waals surface area contributed by atoms with Crippen molar-refractivity contribution in [1.29, 1.82) is 0 Å². The van der Waals surface area contributed by atoms with Crippen molar-refractivity contribution < 1.29 is 4.79 Å². The van der Waals surface area contributed by atoms with Gasteiger partial charge in [-0.15, -0.1) is 11.3 Å². The van der Waals surface area contributed by atoms with Gasteiger partial charge in [-0.05, 0) is 36.6 Å². The Kier molecular flexibility index (Phi) is 6.09. The number of fused-ring (bicyclic) bond motifs is 1. The molecule has 0 bridgehead atoms. The molecule has 0 aromatic carbocycles. The van der Waals surface area contributed by atoms with Gasteiger partial charge in [0.15, 0.2) is 0 Å². The third kappa shape index (κ3) is 4.15. The van der Waals surface area contributed by atoms with Crippen LogP contribution in [0.4, 0.5) is 5.82 Å². The number of hydrogen-bond donors (Lipinski definition) is 1. The van der Waals surface area contributed by atoms with Gasteiger partial charge in [-0.1, -0.05) is 13.8 Å². The molecule has 1 amide bonds. The zero-order valence-corrected chi connectivity index (χ0v) is 16.7. The Morgan fingerprint density at radius 2 is 2.27 bits per heavy atom. The summed E-state index contributed by atoms with van der Waals surface area (Å²) in [7, 11) is 1.90. The SMILES string of the molecule is CC(C)C(N)CCN(C)C(=O)C1CCCN(c2ncnc3sccc23)C1. The van der Waals surface area contributed by atoms with Crippen LogP contribution in [0.2, 0.25) is 0 Å². The Morgan fingerprint density at radius 3 is 3.04 bits per heavy atom. The Bertz CT molecular complexity index is 746. The fraction of sp³-hybridized carbons (Fsp3) is 0.632. The molecule has 0 saturated carbocycles. The number of thiophene rings is 1. The van der Waals surface area contributed by atoms with E-state index in [1.54, 1.807) is 17.7 Å². The van der Waals surface area contributed by atoms with Crippen molar-refractivity contribution in [2.45, 2.75) is 39.2 Å². The zero-order valence-electron chi connectivity index (χ0n) is 15.9. The average molecular weight is 376 g/mol. The molecule has 26 heavy (non-hydrogen) atoms. The van der Waals surface area contributed by atoms with E-state index in [4.69, 9.17) is 5.73 Å². The van der Waals surface area contributed by atoms with Crippen LogP contribution in [0.3, 0.4) is 0 Å². The predicted octanol–water partition coefficient (Wildman–Crippen LogP) is 2.74. The number of rotatable bonds is 6. The Labute approximate surface area is 159 Å². The zero-order chi connectivity index (χ0) is 18.7. The molecule has 1 fully saturated rings. The van der Waals surface area contributed by atoms with E-state index in [1.165, 1.54) is 0 Å². The van der Waals surface area contributed by atoms with Gasteiger partial charge in [0.2, 0.25) is 5.91 Å². The number of carbonyl (C=O) groups excluding carboxylic acids is 1. The molecule has 0 radical (unpaired) electrons. The van der Waals surface area contributed by atoms with Gasteiger partial charge >= 0.3 is 0 Å². The lowest BCUT2D eigenvalue weighted by Crippen LogP contribution is -2.45. The van der Waals surface area contributed by atoms with Crippen molar-refractivity contribution in [3.05, 3.63) is 17.8 Å². The van der Waals surface area contributed by atoms with Gasteiger partial charge in [0.25, 0.3) is 0 Å². The summed E-state index contributed by atoms with van der Waals surface area (Å²) >= 11 is 1.62. The number of carbonyl (C=O) groups is 1. The van der Waals surface area contributed by atoms with Crippen LogP contribution in [0, 0.1) is 11.8 Å². The number of anilines is 1. The van der Waals surface area contributed by atoms with Crippen molar-refractivity contribution in [2.75, 3.05) is 31.6 Å². The van der Waals surface area contributed by atoms with E-state index in [1.807, 2.05) is 17.3 Å². The lowest BCUT2D eigenvalue weighted by Gasteiger charge is -2.35. The molecule has 0 aliphatic carbocycles. The third-order valence-electron chi connectivity index (χ3n) is 5.34. The second-order valence-electron chi connectivity index (χ2n) is 7.58. The van der Waals surface area contributed by atoms with E-state index in [9.17, 15) is 4.79 Å². The summed E-state index contributed by atoms with van der Waals surface area (Å²) in [5, 5.41) is 3.13. The van der Waals surface area contributed by atoms with Gasteiger partial charge in [-0.2, -0.15) is 0 Å². The van der Waals surface area contributed by atoms with Gasteiger partial charge in [0, 0.05) is 32.7 Å². The van der Waals surface area contributed by atoms with Gasteiger partial charge in [0.1, 0.15) is 17.0 Å². The smallest absolute Gasteiger partial charge is 0.227 e. The fourth-order valence-corrected chi connectivity index (χ4v) is 4.23. The van der Waals surface area contributed by atoms with Crippen molar-refractivity contribution in [1.82, 2.24) is 14.9 Å². The highest BCUT2D eigenvalue weighted by molar-refractivity contribution is 7.16. The molecule has 142 valence electrons. The number of piperidine rings is 1. The van der Waals surface area contributed by atoms with E-state index in [0.717, 1.165) is 54.9 Å². The fourth-order valence-electron chi connectivity index (χ4n) is 3.50. The standard InChI is InChI=1S/C19H29N5OS/c1-13(2)16(20)6-9-23(3)19(25)14-5-4-8-24(11-14)17-15-7-10-26-18(15)22-12-21-17/h7,10,12-14,16H,4-6,8-9,11,20H2,1-3H3. The molecule has 3 heterocycles. The molecule has 3 rings (SSSR count). The first-order chi connectivity index (χ1) is 12.5. The molecular formula is C19H29N5OS. The van der Waals surface area contributed by atoms with Crippen LogP contribution in [0.1, 0.15) is 33.1 Å². The highest BCUT2D eigenvalue weighted by atomic mass is 32.1. The van der Waals surface area contributed by atoms with E-state index in [0.29, 0.717) is 5.92 Å². The van der Waals surface area contributed by atoms with Crippen LogP contribution in [0.25, 0.3) is 10.2 Å². The van der Waals surface area contributed by atoms with E-state index < -0.39 is 0 Å². The Balaban J connectivity index is 1.64. The summed E-state index contributed by atoms with van der Waals surface area (Å²) in [6.45, 7) is 6.63. The van der Waals surface area contributed by atoms with Crippen molar-refractivity contribution in [3.63, 3.8) is 0 Å². The van der Waals surface area contributed by atoms with E-state index >= 15 is 0 Å². The first-order valence-corrected chi connectivity index (χ1v) is 10.3. The summed E-state index contributed by atoms with van der Waals surface area (Å²) in [5.74, 6) is 1.64. The number of hydrogen-bond acceptors (Lipinski definition) is 6. The number of amides is 1. The highest BCUT2D eigenvalue weighted by Crippen LogP contribution is 2.30. The van der Waals surface area contributed by atoms with Crippen LogP contribution >= 0.6 is 11.3 Å². The summed E-state index contributed by atoms with van der Waals surface area (Å²) in [6.07, 6.45) is 4.41. The molecule has 2 aromatic rings. The molecule has 2 unspecified atom stereocenters. The predicted molar refractivity (Wildman–Crippen MR) is 107 cm³/mol. The van der Waals surface area contributed by atoms with Crippen LogP contribution < -0.4 is 10.6 Å². The quantitative estimate of drug-likeness (QED) is 0.840. The lowest BCUT2D eigenvalue weighted by molar-refractivity contribution is -0.134. The molecule has 1 aliphatic heterocycles. The van der Waals surface area contributed by atoms with Gasteiger partial charge in [-0.3, -0.25) is 4.79 Å². The van der Waals surface area contributed by atoms with Crippen LogP contribution in [0.15, 0.2) is 17.8 Å². The van der Waals surface area contributed by atoms with Crippen LogP contribution in [0.5, 0.6) is 0 Å². The second-order valence-corrected chi connectivity index (χ2v) is 8.47. The van der Waals surface area contributed by atoms with Gasteiger partial charge in [-0.25, -0.2) is 9.97 Å². The Hall–Kier alpha value is -1.73. The topological polar surface area (TPSA) is 75.3 Å². The third-order valence-corrected chi connectivity index (χ3v) is 6.16. The molecule has 2 N–H and O–H groups in total. The molecule has 1 aliphatic rings. The number of aromatic nitrogens is 2. The summed E-state index contributed by atoms with van der Waals surface area (Å²) in [6, 6.07) is 2.21. The summed E-state index contributed by atoms with van der Waals surface area (Å²) in [4.78, 5) is 26.8. The normalized spacial score (nSPS) is 19.1. The lowest BCUT2D eigenvalue weighted by atomic mass is 9.96. The molecule has 0 spiro atoms. The second kappa shape index (κ2) is 8.31. The molecule has 1 saturated heterocycles. The monoisotopic (exact) mass is 375 g/mol. The van der Waals surface area contributed by atoms with Crippen molar-refractivity contribution in [2.24, 2.45) is 17.6 Å². The molecular weight excluding hydrogens is 346 g/mol. The summed E-state index contributed by atoms with van der Waals surface area (Å²) < 4.78 is 0.